The van der Waals surface area contributed by atoms with Gasteiger partial charge in [0.1, 0.15) is 12.0 Å². The molecule has 2 rings (SSSR count). The number of amides is 1. The molecule has 0 spiro atoms. The molecule has 0 aliphatic heterocycles. The van der Waals surface area contributed by atoms with Gasteiger partial charge in [0.2, 0.25) is 0 Å². The molecule has 3 N–H and O–H groups in total. The van der Waals surface area contributed by atoms with Crippen molar-refractivity contribution in [2.45, 2.75) is 32.7 Å². The summed E-state index contributed by atoms with van der Waals surface area (Å²) in [6, 6.07) is 9.91. The normalized spacial score (nSPS) is 10.9. The fraction of sp³-hybridized carbons (Fsp3) is 0.353. The van der Waals surface area contributed by atoms with Crippen LogP contribution in [0.15, 0.2) is 41.0 Å². The number of carbonyl (C=O) groups is 1. The molecule has 0 bridgehead atoms. The molecule has 0 radical (unpaired) electrons. The van der Waals surface area contributed by atoms with Gasteiger partial charge in [0.05, 0.1) is 12.1 Å². The van der Waals surface area contributed by atoms with Crippen molar-refractivity contribution in [1.29, 1.82) is 0 Å². The number of hydrogen-bond acceptors (Lipinski definition) is 3. The zero-order chi connectivity index (χ0) is 15.5. The van der Waals surface area contributed by atoms with Gasteiger partial charge in [0.15, 0.2) is 0 Å². The van der Waals surface area contributed by atoms with Crippen LogP contribution in [-0.4, -0.2) is 12.5 Å². The summed E-state index contributed by atoms with van der Waals surface area (Å²) in [5.41, 5.74) is 8.31. The Bertz CT molecular complexity index is 635. The predicted molar refractivity (Wildman–Crippen MR) is 90.4 cm³/mol. The standard InChI is InChI=1S/C17H22N2O2.ClH/c1-12-6-4-5-7-15(12)17(2,3)11-19-16(20)13-8-14(9-18)21-10-13;/h4-8,10H,9,11,18H2,1-3H3,(H,19,20);1H. The number of rotatable bonds is 5. The quantitative estimate of drug-likeness (QED) is 0.888. The van der Waals surface area contributed by atoms with Gasteiger partial charge in [-0.05, 0) is 24.1 Å². The number of carbonyl (C=O) groups excluding carboxylic acids is 1. The van der Waals surface area contributed by atoms with E-state index in [1.807, 2.05) is 12.1 Å². The summed E-state index contributed by atoms with van der Waals surface area (Å²) in [6.07, 6.45) is 1.44. The second-order valence-electron chi connectivity index (χ2n) is 5.89. The highest BCUT2D eigenvalue weighted by atomic mass is 35.5. The van der Waals surface area contributed by atoms with E-state index in [2.05, 4.69) is 38.2 Å². The van der Waals surface area contributed by atoms with Crippen LogP contribution < -0.4 is 11.1 Å². The number of furan rings is 1. The maximum atomic E-state index is 12.1. The molecule has 0 saturated carbocycles. The van der Waals surface area contributed by atoms with Gasteiger partial charge < -0.3 is 15.5 Å². The number of halogens is 1. The second-order valence-corrected chi connectivity index (χ2v) is 5.89. The van der Waals surface area contributed by atoms with Crippen molar-refractivity contribution in [2.75, 3.05) is 6.54 Å². The van der Waals surface area contributed by atoms with Gasteiger partial charge in [0, 0.05) is 12.0 Å². The number of nitrogens with one attached hydrogen (secondary N) is 1. The SMILES string of the molecule is Cc1ccccc1C(C)(C)CNC(=O)c1coc(CN)c1.Cl. The van der Waals surface area contributed by atoms with Gasteiger partial charge in [-0.25, -0.2) is 0 Å². The van der Waals surface area contributed by atoms with E-state index in [9.17, 15) is 4.79 Å². The lowest BCUT2D eigenvalue weighted by Crippen LogP contribution is -2.37. The Hall–Kier alpha value is -1.78. The van der Waals surface area contributed by atoms with Crippen LogP contribution in [0.25, 0.3) is 0 Å². The first-order chi connectivity index (χ1) is 9.94. The average molecular weight is 323 g/mol. The maximum Gasteiger partial charge on any atom is 0.254 e. The van der Waals surface area contributed by atoms with E-state index in [-0.39, 0.29) is 23.7 Å². The van der Waals surface area contributed by atoms with Crippen LogP contribution >= 0.6 is 12.4 Å². The van der Waals surface area contributed by atoms with E-state index in [1.54, 1.807) is 6.07 Å². The van der Waals surface area contributed by atoms with Crippen molar-refractivity contribution >= 4 is 18.3 Å². The summed E-state index contributed by atoms with van der Waals surface area (Å²) < 4.78 is 5.18. The molecule has 1 aromatic heterocycles. The van der Waals surface area contributed by atoms with E-state index in [0.717, 1.165) is 0 Å². The highest BCUT2D eigenvalue weighted by molar-refractivity contribution is 5.94. The van der Waals surface area contributed by atoms with Crippen molar-refractivity contribution in [2.24, 2.45) is 5.73 Å². The summed E-state index contributed by atoms with van der Waals surface area (Å²) in [4.78, 5) is 12.1. The molecule has 22 heavy (non-hydrogen) atoms. The van der Waals surface area contributed by atoms with Crippen molar-refractivity contribution in [3.8, 4) is 0 Å². The highest BCUT2D eigenvalue weighted by Crippen LogP contribution is 2.25. The summed E-state index contributed by atoms with van der Waals surface area (Å²) in [7, 11) is 0. The molecule has 1 heterocycles. The fourth-order valence-corrected chi connectivity index (χ4v) is 2.44. The summed E-state index contributed by atoms with van der Waals surface area (Å²) in [5.74, 6) is 0.471. The third-order valence-corrected chi connectivity index (χ3v) is 3.68. The Morgan fingerprint density at radius 1 is 1.32 bits per heavy atom. The Kier molecular flexibility index (Phi) is 6.21. The highest BCUT2D eigenvalue weighted by Gasteiger charge is 2.23. The van der Waals surface area contributed by atoms with Gasteiger partial charge in [-0.15, -0.1) is 12.4 Å². The largest absolute Gasteiger partial charge is 0.467 e. The van der Waals surface area contributed by atoms with E-state index in [4.69, 9.17) is 10.2 Å². The molecule has 4 nitrogen and oxygen atoms in total. The van der Waals surface area contributed by atoms with Crippen LogP contribution in [0.5, 0.6) is 0 Å². The van der Waals surface area contributed by atoms with Crippen LogP contribution in [0, 0.1) is 6.92 Å². The summed E-state index contributed by atoms with van der Waals surface area (Å²) in [6.45, 7) is 7.18. The Balaban J connectivity index is 0.00000242. The Morgan fingerprint density at radius 2 is 2.00 bits per heavy atom. The molecule has 0 saturated heterocycles. The summed E-state index contributed by atoms with van der Waals surface area (Å²) in [5, 5.41) is 2.96. The molecule has 0 fully saturated rings. The summed E-state index contributed by atoms with van der Waals surface area (Å²) >= 11 is 0. The van der Waals surface area contributed by atoms with E-state index in [0.29, 0.717) is 24.4 Å². The molecule has 2 aromatic rings. The Morgan fingerprint density at radius 3 is 2.59 bits per heavy atom. The van der Waals surface area contributed by atoms with Crippen molar-refractivity contribution in [1.82, 2.24) is 5.32 Å². The molecule has 1 amide bonds. The minimum absolute atomic E-state index is 0. The molecular formula is C17H23ClN2O2. The van der Waals surface area contributed by atoms with Crippen LogP contribution in [0.3, 0.4) is 0 Å². The third-order valence-electron chi connectivity index (χ3n) is 3.68. The molecule has 1 aromatic carbocycles. The smallest absolute Gasteiger partial charge is 0.254 e. The average Bonchev–Trinajstić information content (AvgIpc) is 2.94. The van der Waals surface area contributed by atoms with Crippen molar-refractivity contribution < 1.29 is 9.21 Å². The number of aryl methyl sites for hydroxylation is 1. The topological polar surface area (TPSA) is 68.3 Å². The lowest BCUT2D eigenvalue weighted by molar-refractivity contribution is 0.0945. The molecule has 0 unspecified atom stereocenters. The molecular weight excluding hydrogens is 300 g/mol. The molecule has 120 valence electrons. The lowest BCUT2D eigenvalue weighted by Gasteiger charge is -2.27. The Labute approximate surface area is 137 Å². The fourth-order valence-electron chi connectivity index (χ4n) is 2.44. The first-order valence-corrected chi connectivity index (χ1v) is 7.06. The number of nitrogens with two attached hydrogens (primary N) is 1. The molecule has 0 aliphatic carbocycles. The first-order valence-electron chi connectivity index (χ1n) is 7.06. The maximum absolute atomic E-state index is 12.1. The minimum atomic E-state index is -0.139. The molecule has 0 atom stereocenters. The third kappa shape index (κ3) is 4.12. The van der Waals surface area contributed by atoms with Crippen molar-refractivity contribution in [3.05, 3.63) is 59.0 Å². The zero-order valence-corrected chi connectivity index (χ0v) is 14.0. The second kappa shape index (κ2) is 7.47. The van der Waals surface area contributed by atoms with E-state index < -0.39 is 0 Å². The van der Waals surface area contributed by atoms with E-state index in [1.165, 1.54) is 17.4 Å². The van der Waals surface area contributed by atoms with Crippen molar-refractivity contribution in [3.63, 3.8) is 0 Å². The van der Waals surface area contributed by atoms with Gasteiger partial charge in [-0.2, -0.15) is 0 Å². The number of benzene rings is 1. The lowest BCUT2D eigenvalue weighted by atomic mass is 9.82. The number of hydrogen-bond donors (Lipinski definition) is 2. The van der Waals surface area contributed by atoms with Crippen LogP contribution in [0.1, 0.15) is 41.1 Å². The van der Waals surface area contributed by atoms with Gasteiger partial charge >= 0.3 is 0 Å². The molecule has 5 heteroatoms. The van der Waals surface area contributed by atoms with Crippen LogP contribution in [0.4, 0.5) is 0 Å². The molecule has 0 aliphatic rings. The monoisotopic (exact) mass is 322 g/mol. The minimum Gasteiger partial charge on any atom is -0.467 e. The van der Waals surface area contributed by atoms with Crippen LogP contribution in [-0.2, 0) is 12.0 Å². The van der Waals surface area contributed by atoms with Crippen LogP contribution in [0.2, 0.25) is 0 Å². The first kappa shape index (κ1) is 18.3. The van der Waals surface area contributed by atoms with Gasteiger partial charge in [0.25, 0.3) is 5.91 Å². The van der Waals surface area contributed by atoms with Gasteiger partial charge in [-0.1, -0.05) is 38.1 Å². The van der Waals surface area contributed by atoms with E-state index >= 15 is 0 Å². The zero-order valence-electron chi connectivity index (χ0n) is 13.2. The van der Waals surface area contributed by atoms with Gasteiger partial charge in [-0.3, -0.25) is 4.79 Å². The predicted octanol–water partition coefficient (Wildman–Crippen LogP) is 3.18.